The second-order valence-corrected chi connectivity index (χ2v) is 7.20. The number of rotatable bonds is 7. The molecule has 1 saturated heterocycles. The molecule has 29 heavy (non-hydrogen) atoms. The first kappa shape index (κ1) is 21.0. The minimum atomic E-state index is -0.173. The summed E-state index contributed by atoms with van der Waals surface area (Å²) in [4.78, 5) is 27.2. The van der Waals surface area contributed by atoms with Gasteiger partial charge in [-0.25, -0.2) is 0 Å². The largest absolute Gasteiger partial charge is 0.379 e. The Hall–Kier alpha value is -2.70. The number of benzene rings is 2. The van der Waals surface area contributed by atoms with Crippen LogP contribution < -0.4 is 10.6 Å². The van der Waals surface area contributed by atoms with Crippen LogP contribution in [0.2, 0.25) is 0 Å². The number of nitrogens with zero attached hydrogens (tertiary/aromatic N) is 1. The van der Waals surface area contributed by atoms with Gasteiger partial charge in [0.15, 0.2) is 0 Å². The third kappa shape index (κ3) is 5.65. The lowest BCUT2D eigenvalue weighted by molar-refractivity contribution is 0.0383. The second kappa shape index (κ2) is 10.2. The van der Waals surface area contributed by atoms with Crippen LogP contribution in [0, 0.1) is 6.92 Å². The molecule has 2 aromatic rings. The summed E-state index contributed by atoms with van der Waals surface area (Å²) in [5.41, 5.74) is 4.09. The number of hydrogen-bond acceptors (Lipinski definition) is 4. The Morgan fingerprint density at radius 1 is 1.00 bits per heavy atom. The number of ether oxygens (including phenoxy) is 1. The Bertz CT molecular complexity index is 843. The average molecular weight is 396 g/mol. The summed E-state index contributed by atoms with van der Waals surface area (Å²) in [6.45, 7) is 8.76. The van der Waals surface area contributed by atoms with Crippen molar-refractivity contribution in [3.63, 3.8) is 0 Å². The first-order valence-electron chi connectivity index (χ1n) is 10.2. The maximum atomic E-state index is 12.6. The molecule has 0 atom stereocenters. The van der Waals surface area contributed by atoms with Gasteiger partial charge in [0, 0.05) is 43.0 Å². The van der Waals surface area contributed by atoms with E-state index in [-0.39, 0.29) is 11.8 Å². The van der Waals surface area contributed by atoms with E-state index in [2.05, 4.69) is 22.5 Å². The highest BCUT2D eigenvalue weighted by molar-refractivity contribution is 6.05. The lowest BCUT2D eigenvalue weighted by atomic mass is 10.0. The van der Waals surface area contributed by atoms with Crippen LogP contribution in [-0.4, -0.2) is 56.1 Å². The molecular weight excluding hydrogens is 366 g/mol. The van der Waals surface area contributed by atoms with Crippen molar-refractivity contribution in [2.24, 2.45) is 0 Å². The fourth-order valence-corrected chi connectivity index (χ4v) is 3.42. The minimum Gasteiger partial charge on any atom is -0.379 e. The Kier molecular flexibility index (Phi) is 7.38. The van der Waals surface area contributed by atoms with Crippen LogP contribution in [0.4, 0.5) is 5.69 Å². The van der Waals surface area contributed by atoms with Gasteiger partial charge in [-0.1, -0.05) is 25.1 Å². The molecule has 1 heterocycles. The number of carbonyl (C=O) groups is 2. The number of para-hydroxylation sites is 1. The van der Waals surface area contributed by atoms with Crippen LogP contribution in [-0.2, 0) is 11.2 Å². The van der Waals surface area contributed by atoms with Crippen LogP contribution in [0.5, 0.6) is 0 Å². The van der Waals surface area contributed by atoms with Crippen LogP contribution in [0.15, 0.2) is 42.5 Å². The van der Waals surface area contributed by atoms with Gasteiger partial charge in [0.2, 0.25) is 0 Å². The number of morpholine rings is 1. The van der Waals surface area contributed by atoms with Gasteiger partial charge < -0.3 is 15.4 Å². The van der Waals surface area contributed by atoms with Gasteiger partial charge in [0.25, 0.3) is 11.8 Å². The third-order valence-corrected chi connectivity index (χ3v) is 5.21. The molecule has 6 nitrogen and oxygen atoms in total. The third-order valence-electron chi connectivity index (χ3n) is 5.21. The maximum Gasteiger partial charge on any atom is 0.255 e. The molecule has 6 heteroatoms. The Labute approximate surface area is 172 Å². The summed E-state index contributed by atoms with van der Waals surface area (Å²) in [6, 6.07) is 12.8. The molecule has 0 saturated carbocycles. The van der Waals surface area contributed by atoms with Gasteiger partial charge in [-0.3, -0.25) is 14.5 Å². The fraction of sp³-hybridized carbons (Fsp3) is 0.391. The smallest absolute Gasteiger partial charge is 0.255 e. The molecule has 1 aliphatic rings. The zero-order valence-corrected chi connectivity index (χ0v) is 17.2. The zero-order chi connectivity index (χ0) is 20.6. The van der Waals surface area contributed by atoms with E-state index in [9.17, 15) is 9.59 Å². The molecule has 2 amide bonds. The van der Waals surface area contributed by atoms with E-state index in [1.165, 1.54) is 0 Å². The van der Waals surface area contributed by atoms with Gasteiger partial charge in [-0.2, -0.15) is 0 Å². The first-order chi connectivity index (χ1) is 14.1. The van der Waals surface area contributed by atoms with E-state index < -0.39 is 0 Å². The van der Waals surface area contributed by atoms with Gasteiger partial charge in [0.1, 0.15) is 0 Å². The van der Waals surface area contributed by atoms with E-state index in [0.717, 1.165) is 56.1 Å². The molecule has 2 aromatic carbocycles. The van der Waals surface area contributed by atoms with E-state index >= 15 is 0 Å². The lowest BCUT2D eigenvalue weighted by Gasteiger charge is -2.26. The predicted molar refractivity (Wildman–Crippen MR) is 115 cm³/mol. The van der Waals surface area contributed by atoms with Crippen molar-refractivity contribution >= 4 is 17.5 Å². The van der Waals surface area contributed by atoms with Crippen molar-refractivity contribution < 1.29 is 14.3 Å². The molecule has 154 valence electrons. The topological polar surface area (TPSA) is 70.7 Å². The van der Waals surface area contributed by atoms with Crippen molar-refractivity contribution in [3.8, 4) is 0 Å². The lowest BCUT2D eigenvalue weighted by Crippen LogP contribution is -2.41. The number of hydrogen-bond donors (Lipinski definition) is 2. The van der Waals surface area contributed by atoms with E-state index in [0.29, 0.717) is 17.7 Å². The van der Waals surface area contributed by atoms with Gasteiger partial charge >= 0.3 is 0 Å². The summed E-state index contributed by atoms with van der Waals surface area (Å²) < 4.78 is 5.32. The van der Waals surface area contributed by atoms with E-state index in [1.807, 2.05) is 25.1 Å². The molecule has 0 aromatic heterocycles. The molecule has 0 spiro atoms. The molecule has 0 bridgehead atoms. The van der Waals surface area contributed by atoms with E-state index in [1.54, 1.807) is 24.3 Å². The molecule has 0 aliphatic carbocycles. The number of carbonyl (C=O) groups excluding carboxylic acids is 2. The molecule has 3 rings (SSSR count). The zero-order valence-electron chi connectivity index (χ0n) is 17.2. The van der Waals surface area contributed by atoms with Crippen molar-refractivity contribution in [1.29, 1.82) is 0 Å². The van der Waals surface area contributed by atoms with E-state index in [4.69, 9.17) is 4.74 Å². The molecular formula is C23H29N3O3. The highest BCUT2D eigenvalue weighted by Gasteiger charge is 2.13. The van der Waals surface area contributed by atoms with Crippen molar-refractivity contribution in [2.45, 2.75) is 20.3 Å². The number of anilines is 1. The standard InChI is InChI=1S/C23H29N3O3/c1-3-18-6-4-5-17(2)21(18)25-23(28)20-9-7-19(8-10-20)22(27)24-11-12-26-13-15-29-16-14-26/h4-10H,3,11-16H2,1-2H3,(H,24,27)(H,25,28). The first-order valence-corrected chi connectivity index (χ1v) is 10.2. The number of aryl methyl sites for hydroxylation is 2. The van der Waals surface area contributed by atoms with Crippen molar-refractivity contribution in [1.82, 2.24) is 10.2 Å². The fourth-order valence-electron chi connectivity index (χ4n) is 3.42. The SMILES string of the molecule is CCc1cccc(C)c1NC(=O)c1ccc(C(=O)NCCN2CCOCC2)cc1. The summed E-state index contributed by atoms with van der Waals surface area (Å²) in [5, 5.41) is 5.95. The van der Waals surface area contributed by atoms with Crippen molar-refractivity contribution in [2.75, 3.05) is 44.7 Å². The van der Waals surface area contributed by atoms with Crippen LogP contribution in [0.1, 0.15) is 38.8 Å². The van der Waals surface area contributed by atoms with Crippen molar-refractivity contribution in [3.05, 3.63) is 64.7 Å². The second-order valence-electron chi connectivity index (χ2n) is 7.20. The van der Waals surface area contributed by atoms with Crippen LogP contribution in [0.3, 0.4) is 0 Å². The normalized spacial score (nSPS) is 14.4. The van der Waals surface area contributed by atoms with Gasteiger partial charge in [-0.15, -0.1) is 0 Å². The van der Waals surface area contributed by atoms with Gasteiger partial charge in [-0.05, 0) is 48.7 Å². The molecule has 1 aliphatic heterocycles. The molecule has 2 N–H and O–H groups in total. The van der Waals surface area contributed by atoms with Gasteiger partial charge in [0.05, 0.1) is 13.2 Å². The number of nitrogens with one attached hydrogen (secondary N) is 2. The van der Waals surface area contributed by atoms with Crippen LogP contribution >= 0.6 is 0 Å². The summed E-state index contributed by atoms with van der Waals surface area (Å²) in [7, 11) is 0. The average Bonchev–Trinajstić information content (AvgIpc) is 2.76. The monoisotopic (exact) mass is 395 g/mol. The summed E-state index contributed by atoms with van der Waals surface area (Å²) >= 11 is 0. The maximum absolute atomic E-state index is 12.6. The summed E-state index contributed by atoms with van der Waals surface area (Å²) in [6.07, 6.45) is 0.848. The molecule has 1 fully saturated rings. The molecule has 0 radical (unpaired) electrons. The highest BCUT2D eigenvalue weighted by Crippen LogP contribution is 2.22. The minimum absolute atomic E-state index is 0.127. The highest BCUT2D eigenvalue weighted by atomic mass is 16.5. The Morgan fingerprint density at radius 3 is 2.31 bits per heavy atom. The summed E-state index contributed by atoms with van der Waals surface area (Å²) in [5.74, 6) is -0.300. The molecule has 0 unspecified atom stereocenters. The predicted octanol–water partition coefficient (Wildman–Crippen LogP) is 2.87. The van der Waals surface area contributed by atoms with Crippen LogP contribution in [0.25, 0.3) is 0 Å². The quantitative estimate of drug-likeness (QED) is 0.756. The Morgan fingerprint density at radius 2 is 1.66 bits per heavy atom. The Balaban J connectivity index is 1.55. The number of amides is 2.